The molecule has 0 aliphatic carbocycles. The first-order valence-corrected chi connectivity index (χ1v) is 4.65. The van der Waals surface area contributed by atoms with Crippen LogP contribution in [-0.2, 0) is 9.53 Å². The Morgan fingerprint density at radius 2 is 2.54 bits per heavy atom. The predicted octanol–water partition coefficient (Wildman–Crippen LogP) is 1.43. The lowest BCUT2D eigenvalue weighted by Crippen LogP contribution is -2.09. The first-order chi connectivity index (χ1) is 6.20. The van der Waals surface area contributed by atoms with Crippen molar-refractivity contribution in [1.29, 1.82) is 5.26 Å². The maximum absolute atomic E-state index is 11.3. The van der Waals surface area contributed by atoms with Gasteiger partial charge in [-0.15, -0.1) is 0 Å². The van der Waals surface area contributed by atoms with Crippen molar-refractivity contribution in [1.82, 2.24) is 4.90 Å². The summed E-state index contributed by atoms with van der Waals surface area (Å²) in [5.74, 6) is 1.22. The van der Waals surface area contributed by atoms with Crippen LogP contribution in [0.1, 0.15) is 13.8 Å². The summed E-state index contributed by atoms with van der Waals surface area (Å²) in [7, 11) is 0. The molecule has 0 aromatic heterocycles. The molecule has 0 aromatic carbocycles. The zero-order valence-electron chi connectivity index (χ0n) is 7.40. The number of nitrogens with zero attached hydrogens (tertiary/aromatic N) is 2. The van der Waals surface area contributed by atoms with Gasteiger partial charge in [-0.1, -0.05) is 11.8 Å². The molecule has 0 atom stereocenters. The van der Waals surface area contributed by atoms with E-state index in [1.807, 2.05) is 6.19 Å². The van der Waals surface area contributed by atoms with E-state index in [1.165, 1.54) is 16.7 Å². The van der Waals surface area contributed by atoms with Crippen LogP contribution in [0.15, 0.2) is 10.6 Å². The number of allylic oxidation sites excluding steroid dienone is 1. The van der Waals surface area contributed by atoms with Crippen molar-refractivity contribution in [3.8, 4) is 6.19 Å². The van der Waals surface area contributed by atoms with Gasteiger partial charge in [0.1, 0.15) is 10.8 Å². The molecule has 0 aromatic rings. The van der Waals surface area contributed by atoms with Gasteiger partial charge in [0.25, 0.3) is 0 Å². The highest BCUT2D eigenvalue weighted by Gasteiger charge is 2.26. The molecule has 0 saturated heterocycles. The Hall–Kier alpha value is -1.15. The molecule has 1 aliphatic rings. The van der Waals surface area contributed by atoms with Crippen LogP contribution in [0.3, 0.4) is 0 Å². The lowest BCUT2D eigenvalue weighted by Gasteiger charge is -2.05. The van der Waals surface area contributed by atoms with E-state index in [-0.39, 0.29) is 5.97 Å². The Morgan fingerprint density at radius 3 is 3.00 bits per heavy atom. The molecule has 0 spiro atoms. The fourth-order valence-electron chi connectivity index (χ4n) is 0.870. The second-order valence-electron chi connectivity index (χ2n) is 2.33. The number of rotatable bonds is 2. The minimum atomic E-state index is -0.362. The summed E-state index contributed by atoms with van der Waals surface area (Å²) in [6, 6.07) is 0. The van der Waals surface area contributed by atoms with Crippen LogP contribution in [0, 0.1) is 17.3 Å². The zero-order valence-corrected chi connectivity index (χ0v) is 8.22. The topological polar surface area (TPSA) is 53.3 Å². The predicted molar refractivity (Wildman–Crippen MR) is 48.7 cm³/mol. The third-order valence-electron chi connectivity index (χ3n) is 1.53. The molecule has 1 rings (SSSR count). The van der Waals surface area contributed by atoms with Crippen molar-refractivity contribution in [3.63, 3.8) is 0 Å². The average molecular weight is 197 g/mol. The molecule has 5 heteroatoms. The number of carbonyl (C=O) groups is 1. The van der Waals surface area contributed by atoms with Crippen molar-refractivity contribution in [2.45, 2.75) is 13.8 Å². The second-order valence-corrected chi connectivity index (χ2v) is 3.18. The Kier molecular flexibility index (Phi) is 3.20. The van der Waals surface area contributed by atoms with E-state index in [0.29, 0.717) is 17.2 Å². The molecule has 1 heterocycles. The number of thioether (sulfide) groups is 1. The van der Waals surface area contributed by atoms with E-state index >= 15 is 0 Å². The number of ether oxygens (including phenoxy) is 1. The molecule has 69 valence electrons. The quantitative estimate of drug-likeness (QED) is 0.495. The number of nitriles is 1. The second kappa shape index (κ2) is 4.19. The van der Waals surface area contributed by atoms with Crippen LogP contribution in [0.2, 0.25) is 0 Å². The summed E-state index contributed by atoms with van der Waals surface area (Å²) in [4.78, 5) is 13.1. The van der Waals surface area contributed by atoms with Crippen LogP contribution < -0.4 is 0 Å². The van der Waals surface area contributed by atoms with E-state index in [1.54, 1.807) is 19.7 Å². The van der Waals surface area contributed by atoms with Crippen molar-refractivity contribution in [2.24, 2.45) is 0 Å². The molecular weight excluding hydrogens is 188 g/mol. The van der Waals surface area contributed by atoms with E-state index in [0.717, 1.165) is 0 Å². The summed E-state index contributed by atoms with van der Waals surface area (Å²) >= 11 is 1.21. The van der Waals surface area contributed by atoms with Gasteiger partial charge in [0, 0.05) is 5.70 Å². The SMILES string of the molecule is CCOC(=O)C1=C(C)N(C#N)[CH]S1. The maximum atomic E-state index is 11.3. The van der Waals surface area contributed by atoms with Crippen molar-refractivity contribution >= 4 is 17.7 Å². The minimum absolute atomic E-state index is 0.350. The molecule has 1 radical (unpaired) electrons. The molecule has 13 heavy (non-hydrogen) atoms. The number of hydrogen-bond donors (Lipinski definition) is 0. The Labute approximate surface area is 81.1 Å². The Morgan fingerprint density at radius 1 is 1.85 bits per heavy atom. The van der Waals surface area contributed by atoms with Crippen LogP contribution in [-0.4, -0.2) is 17.5 Å². The molecule has 0 saturated carbocycles. The number of hydrogen-bond acceptors (Lipinski definition) is 5. The molecular formula is C8H9N2O2S. The van der Waals surface area contributed by atoms with Gasteiger partial charge in [0.2, 0.25) is 0 Å². The third kappa shape index (κ3) is 1.95. The van der Waals surface area contributed by atoms with Gasteiger partial charge in [-0.25, -0.2) is 4.79 Å². The lowest BCUT2D eigenvalue weighted by molar-refractivity contribution is -0.137. The Balaban J connectivity index is 2.76. The lowest BCUT2D eigenvalue weighted by atomic mass is 10.4. The fourth-order valence-corrected chi connectivity index (χ4v) is 1.71. The minimum Gasteiger partial charge on any atom is -0.462 e. The van der Waals surface area contributed by atoms with Gasteiger partial charge < -0.3 is 4.74 Å². The third-order valence-corrected chi connectivity index (χ3v) is 2.55. The van der Waals surface area contributed by atoms with Gasteiger partial charge in [-0.05, 0) is 13.8 Å². The van der Waals surface area contributed by atoms with Crippen LogP contribution in [0.4, 0.5) is 0 Å². The summed E-state index contributed by atoms with van der Waals surface area (Å²) < 4.78 is 4.82. The van der Waals surface area contributed by atoms with Crippen LogP contribution in [0.5, 0.6) is 0 Å². The smallest absolute Gasteiger partial charge is 0.346 e. The standard InChI is InChI=1S/C8H9N2O2S/c1-3-12-8(11)7-6(2)10(4-9)5-13-7/h5H,3H2,1-2H3. The van der Waals surface area contributed by atoms with E-state index < -0.39 is 0 Å². The van der Waals surface area contributed by atoms with E-state index in [2.05, 4.69) is 0 Å². The molecule has 0 N–H and O–H groups in total. The Bertz CT molecular complexity index is 293. The van der Waals surface area contributed by atoms with Gasteiger partial charge in [-0.2, -0.15) is 5.26 Å². The summed E-state index contributed by atoms with van der Waals surface area (Å²) in [5.41, 5.74) is 0.631. The monoisotopic (exact) mass is 197 g/mol. The molecule has 0 fully saturated rings. The molecule has 1 aliphatic heterocycles. The number of esters is 1. The largest absolute Gasteiger partial charge is 0.462 e. The zero-order chi connectivity index (χ0) is 9.84. The maximum Gasteiger partial charge on any atom is 0.346 e. The molecule has 0 bridgehead atoms. The first kappa shape index (κ1) is 9.93. The normalized spacial score (nSPS) is 15.9. The highest BCUT2D eigenvalue weighted by molar-refractivity contribution is 8.06. The fraction of sp³-hybridized carbons (Fsp3) is 0.375. The molecule has 0 unspecified atom stereocenters. The number of carbonyl (C=O) groups excluding carboxylic acids is 1. The van der Waals surface area contributed by atoms with Crippen LogP contribution >= 0.6 is 11.8 Å². The molecule has 4 nitrogen and oxygen atoms in total. The van der Waals surface area contributed by atoms with Crippen LogP contribution in [0.25, 0.3) is 0 Å². The van der Waals surface area contributed by atoms with E-state index in [9.17, 15) is 4.79 Å². The molecule has 0 amide bonds. The van der Waals surface area contributed by atoms with E-state index in [4.69, 9.17) is 10.00 Å². The summed E-state index contributed by atoms with van der Waals surface area (Å²) in [6.45, 7) is 3.81. The van der Waals surface area contributed by atoms with Gasteiger partial charge in [0.15, 0.2) is 6.19 Å². The van der Waals surface area contributed by atoms with Crippen molar-refractivity contribution in [2.75, 3.05) is 6.61 Å². The highest BCUT2D eigenvalue weighted by Crippen LogP contribution is 2.35. The van der Waals surface area contributed by atoms with Crippen molar-refractivity contribution in [3.05, 3.63) is 16.5 Å². The van der Waals surface area contributed by atoms with Gasteiger partial charge in [-0.3, -0.25) is 4.90 Å². The van der Waals surface area contributed by atoms with Crippen molar-refractivity contribution < 1.29 is 9.53 Å². The summed E-state index contributed by atoms with van der Waals surface area (Å²) in [5, 5.41) is 8.61. The van der Waals surface area contributed by atoms with Gasteiger partial charge in [0.05, 0.1) is 6.61 Å². The first-order valence-electron chi connectivity index (χ1n) is 3.77. The highest BCUT2D eigenvalue weighted by atomic mass is 32.2. The average Bonchev–Trinajstić information content (AvgIpc) is 2.47. The summed E-state index contributed by atoms with van der Waals surface area (Å²) in [6.07, 6.45) is 1.93. The van der Waals surface area contributed by atoms with Gasteiger partial charge >= 0.3 is 5.97 Å².